The van der Waals surface area contributed by atoms with Crippen LogP contribution in [0.3, 0.4) is 0 Å². The Morgan fingerprint density at radius 2 is 1.97 bits per heavy atom. The van der Waals surface area contributed by atoms with Gasteiger partial charge in [-0.15, -0.1) is 10.2 Å². The van der Waals surface area contributed by atoms with Gasteiger partial charge in [0.15, 0.2) is 5.69 Å². The Morgan fingerprint density at radius 3 is 2.73 bits per heavy atom. The molecule has 3 aromatic rings. The number of amides is 1. The van der Waals surface area contributed by atoms with E-state index in [-0.39, 0.29) is 5.91 Å². The number of aromatic nitrogens is 4. The lowest BCUT2D eigenvalue weighted by Gasteiger charge is -2.29. The number of hydrogen-bond acceptors (Lipinski definition) is 7. The van der Waals surface area contributed by atoms with Crippen LogP contribution in [0.5, 0.6) is 5.88 Å². The third-order valence-electron chi connectivity index (χ3n) is 4.77. The van der Waals surface area contributed by atoms with Crippen LogP contribution in [0.15, 0.2) is 53.8 Å². The first kappa shape index (κ1) is 20.3. The summed E-state index contributed by atoms with van der Waals surface area (Å²) in [6, 6.07) is 13.1. The molecule has 154 valence electrons. The molecule has 0 spiro atoms. The van der Waals surface area contributed by atoms with E-state index in [1.165, 1.54) is 13.3 Å². The number of anilines is 1. The van der Waals surface area contributed by atoms with E-state index >= 15 is 0 Å². The zero-order chi connectivity index (χ0) is 20.9. The molecule has 8 heteroatoms. The Hall–Kier alpha value is -3.00. The number of rotatable bonds is 6. The van der Waals surface area contributed by atoms with Gasteiger partial charge in [-0.3, -0.25) is 14.7 Å². The Kier molecular flexibility index (Phi) is 6.23. The summed E-state index contributed by atoms with van der Waals surface area (Å²) in [5.74, 6) is 1.12. The van der Waals surface area contributed by atoms with Crippen molar-refractivity contribution >= 4 is 23.4 Å². The molecular formula is C22H23N5O2S. The monoisotopic (exact) mass is 421 g/mol. The van der Waals surface area contributed by atoms with Gasteiger partial charge < -0.3 is 4.74 Å². The molecule has 0 fully saturated rings. The van der Waals surface area contributed by atoms with Gasteiger partial charge >= 0.3 is 0 Å². The summed E-state index contributed by atoms with van der Waals surface area (Å²) in [6.07, 6.45) is 4.36. The molecule has 3 heterocycles. The first-order valence-electron chi connectivity index (χ1n) is 10.0. The molecule has 1 aromatic carbocycles. The Balaban J connectivity index is 1.79. The lowest BCUT2D eigenvalue weighted by Crippen LogP contribution is -2.36. The summed E-state index contributed by atoms with van der Waals surface area (Å²) in [5.41, 5.74) is 2.59. The lowest BCUT2D eigenvalue weighted by atomic mass is 10.1. The topological polar surface area (TPSA) is 81.1 Å². The lowest BCUT2D eigenvalue weighted by molar-refractivity contribution is -0.118. The van der Waals surface area contributed by atoms with Crippen molar-refractivity contribution in [1.29, 1.82) is 0 Å². The normalized spacial score (nSPS) is 15.0. The number of carbonyl (C=O) groups is 1. The first-order valence-corrected chi connectivity index (χ1v) is 11.0. The minimum atomic E-state index is -0.749. The van der Waals surface area contributed by atoms with Crippen LogP contribution in [-0.4, -0.2) is 31.8 Å². The number of unbranched alkanes of at least 4 members (excludes halogenated alkanes) is 2. The molecule has 0 bridgehead atoms. The third kappa shape index (κ3) is 4.14. The van der Waals surface area contributed by atoms with E-state index in [1.54, 1.807) is 22.9 Å². The molecule has 1 amide bonds. The van der Waals surface area contributed by atoms with Gasteiger partial charge in [0, 0.05) is 24.4 Å². The number of benzene rings is 1. The van der Waals surface area contributed by atoms with Crippen molar-refractivity contribution in [3.8, 4) is 17.1 Å². The molecule has 1 unspecified atom stereocenters. The van der Waals surface area contributed by atoms with E-state index in [4.69, 9.17) is 4.74 Å². The van der Waals surface area contributed by atoms with E-state index in [0.717, 1.165) is 24.2 Å². The van der Waals surface area contributed by atoms with Crippen LogP contribution in [0, 0.1) is 0 Å². The van der Waals surface area contributed by atoms with E-state index in [2.05, 4.69) is 27.1 Å². The highest BCUT2D eigenvalue weighted by Gasteiger charge is 2.35. The zero-order valence-electron chi connectivity index (χ0n) is 17.0. The van der Waals surface area contributed by atoms with Gasteiger partial charge in [-0.25, -0.2) is 0 Å². The minimum Gasteiger partial charge on any atom is -0.445 e. The van der Waals surface area contributed by atoms with Crippen molar-refractivity contribution in [2.75, 3.05) is 10.7 Å². The predicted molar refractivity (Wildman–Crippen MR) is 116 cm³/mol. The number of carbonyl (C=O) groups excluding carboxylic acids is 1. The summed E-state index contributed by atoms with van der Waals surface area (Å²) in [4.78, 5) is 23.3. The van der Waals surface area contributed by atoms with Gasteiger partial charge in [-0.1, -0.05) is 55.8 Å². The molecule has 0 saturated carbocycles. The highest BCUT2D eigenvalue weighted by molar-refractivity contribution is 7.99. The van der Waals surface area contributed by atoms with Gasteiger partial charge in [0.05, 0.1) is 5.69 Å². The quantitative estimate of drug-likeness (QED) is 0.423. The number of pyridine rings is 1. The largest absolute Gasteiger partial charge is 0.445 e. The number of nitrogens with zero attached hydrogens (tertiary/aromatic N) is 5. The van der Waals surface area contributed by atoms with Crippen LogP contribution in [-0.2, 0) is 4.79 Å². The van der Waals surface area contributed by atoms with Crippen molar-refractivity contribution in [1.82, 2.24) is 20.2 Å². The fourth-order valence-electron chi connectivity index (χ4n) is 3.34. The van der Waals surface area contributed by atoms with Gasteiger partial charge in [-0.2, -0.15) is 4.98 Å². The molecule has 1 atom stereocenters. The van der Waals surface area contributed by atoms with Crippen LogP contribution >= 0.6 is 11.8 Å². The van der Waals surface area contributed by atoms with Gasteiger partial charge in [0.2, 0.25) is 23.2 Å². The predicted octanol–water partition coefficient (Wildman–Crippen LogP) is 4.66. The van der Waals surface area contributed by atoms with E-state index in [9.17, 15) is 4.79 Å². The van der Waals surface area contributed by atoms with Crippen LogP contribution in [0.1, 0.15) is 45.0 Å². The smallest absolute Gasteiger partial charge is 0.247 e. The summed E-state index contributed by atoms with van der Waals surface area (Å²) in [5, 5.41) is 9.29. The second kappa shape index (κ2) is 9.21. The van der Waals surface area contributed by atoms with E-state index in [1.807, 2.05) is 42.5 Å². The van der Waals surface area contributed by atoms with Crippen molar-refractivity contribution in [2.24, 2.45) is 0 Å². The molecule has 7 nitrogen and oxygen atoms in total. The van der Waals surface area contributed by atoms with Gasteiger partial charge in [-0.05, 0) is 24.6 Å². The highest BCUT2D eigenvalue weighted by Crippen LogP contribution is 2.42. The van der Waals surface area contributed by atoms with Crippen molar-refractivity contribution < 1.29 is 9.53 Å². The third-order valence-corrected chi connectivity index (χ3v) is 5.69. The number of para-hydroxylation sites is 1. The molecule has 1 aliphatic rings. The first-order chi connectivity index (χ1) is 14.7. The molecule has 0 saturated heterocycles. The van der Waals surface area contributed by atoms with Gasteiger partial charge in [0.25, 0.3) is 0 Å². The molecular weight excluding hydrogens is 398 g/mol. The van der Waals surface area contributed by atoms with Crippen LogP contribution in [0.25, 0.3) is 11.3 Å². The molecule has 0 N–H and O–H groups in total. The summed E-state index contributed by atoms with van der Waals surface area (Å²) in [6.45, 7) is 3.69. The summed E-state index contributed by atoms with van der Waals surface area (Å²) in [7, 11) is 0. The molecule has 30 heavy (non-hydrogen) atoms. The maximum atomic E-state index is 12.7. The molecule has 1 aliphatic heterocycles. The van der Waals surface area contributed by atoms with Crippen molar-refractivity contribution in [3.63, 3.8) is 0 Å². The average Bonchev–Trinajstić information content (AvgIpc) is 2.91. The highest BCUT2D eigenvalue weighted by atomic mass is 32.2. The number of ether oxygens (including phenoxy) is 1. The SMILES string of the molecule is CCCCCSc1nnc2c(n1)OC(c1ccccn1)N(C(C)=O)c1ccccc1-2. The fraction of sp³-hybridized carbons (Fsp3) is 0.318. The second-order valence-corrected chi connectivity index (χ2v) is 8.00. The standard InChI is InChI=1S/C22H23N5O2S/c1-3-4-9-14-30-22-24-20-19(25-26-22)16-10-5-6-12-18(16)27(15(2)28)21(29-20)17-11-7-8-13-23-17/h5-8,10-13,21H,3-4,9,14H2,1-2H3. The Labute approximate surface area is 179 Å². The summed E-state index contributed by atoms with van der Waals surface area (Å²) >= 11 is 1.56. The maximum absolute atomic E-state index is 12.7. The maximum Gasteiger partial charge on any atom is 0.247 e. The molecule has 0 aliphatic carbocycles. The molecule has 4 rings (SSSR count). The van der Waals surface area contributed by atoms with E-state index < -0.39 is 6.23 Å². The number of thioether (sulfide) groups is 1. The minimum absolute atomic E-state index is 0.159. The summed E-state index contributed by atoms with van der Waals surface area (Å²) < 4.78 is 6.28. The Morgan fingerprint density at radius 1 is 1.13 bits per heavy atom. The molecule has 2 aromatic heterocycles. The van der Waals surface area contributed by atoms with Crippen LogP contribution < -0.4 is 9.64 Å². The van der Waals surface area contributed by atoms with Crippen LogP contribution in [0.4, 0.5) is 5.69 Å². The van der Waals surface area contributed by atoms with Crippen molar-refractivity contribution in [3.05, 3.63) is 54.4 Å². The van der Waals surface area contributed by atoms with E-state index in [0.29, 0.717) is 28.1 Å². The van der Waals surface area contributed by atoms with Crippen molar-refractivity contribution in [2.45, 2.75) is 44.5 Å². The second-order valence-electron chi connectivity index (χ2n) is 6.93. The van der Waals surface area contributed by atoms with Crippen LogP contribution in [0.2, 0.25) is 0 Å². The zero-order valence-corrected chi connectivity index (χ0v) is 17.8. The fourth-order valence-corrected chi connectivity index (χ4v) is 4.12. The van der Waals surface area contributed by atoms with Gasteiger partial charge in [0.1, 0.15) is 5.69 Å². The number of hydrogen-bond donors (Lipinski definition) is 0. The Bertz CT molecular complexity index is 1030. The number of fused-ring (bicyclic) bond motifs is 3. The average molecular weight is 422 g/mol. The molecule has 0 radical (unpaired) electrons.